The normalized spacial score (nSPS) is 15.4. The molecule has 184 valence electrons. The van der Waals surface area contributed by atoms with Crippen LogP contribution in [0.15, 0.2) is 89.0 Å². The number of carbonyl (C=O) groups excluding carboxylic acids is 1. The molecule has 3 aromatic carbocycles. The molecule has 0 saturated carbocycles. The van der Waals surface area contributed by atoms with E-state index in [1.54, 1.807) is 23.9 Å². The molecule has 0 spiro atoms. The molecule has 0 aliphatic carbocycles. The third kappa shape index (κ3) is 4.91. The Morgan fingerprint density at radius 1 is 1.06 bits per heavy atom. The van der Waals surface area contributed by atoms with Gasteiger partial charge in [-0.05, 0) is 54.8 Å². The number of hydrazone groups is 1. The quantitative estimate of drug-likeness (QED) is 0.250. The lowest BCUT2D eigenvalue weighted by molar-refractivity contribution is -0.130. The van der Waals surface area contributed by atoms with Crippen molar-refractivity contribution in [3.8, 4) is 5.75 Å². The Morgan fingerprint density at radius 3 is 2.53 bits per heavy atom. The van der Waals surface area contributed by atoms with Gasteiger partial charge in [-0.15, -0.1) is 11.8 Å². The SMILES string of the molecule is CCCn1cc(SCC(=O)N2N=C(c3ccc(OC)cc3)C[C@H]2c2ccc(C)cc2)c2ccccc21. The molecule has 1 aliphatic heterocycles. The molecule has 0 radical (unpaired) electrons. The molecule has 0 saturated heterocycles. The van der Waals surface area contributed by atoms with Gasteiger partial charge in [-0.1, -0.05) is 55.0 Å². The van der Waals surface area contributed by atoms with Gasteiger partial charge in [-0.25, -0.2) is 5.01 Å². The van der Waals surface area contributed by atoms with Crippen LogP contribution in [-0.4, -0.2) is 34.1 Å². The van der Waals surface area contributed by atoms with Crippen LogP contribution in [0.1, 0.15) is 42.5 Å². The van der Waals surface area contributed by atoms with E-state index in [4.69, 9.17) is 9.84 Å². The molecule has 1 atom stereocenters. The number of para-hydroxylation sites is 1. The number of nitrogens with zero attached hydrogens (tertiary/aromatic N) is 3. The number of hydrogen-bond donors (Lipinski definition) is 0. The highest BCUT2D eigenvalue weighted by atomic mass is 32.2. The Morgan fingerprint density at radius 2 is 1.81 bits per heavy atom. The zero-order valence-electron chi connectivity index (χ0n) is 21.0. The van der Waals surface area contributed by atoms with Crippen LogP contribution in [0.25, 0.3) is 10.9 Å². The number of benzene rings is 3. The van der Waals surface area contributed by atoms with Crippen LogP contribution in [-0.2, 0) is 11.3 Å². The Hall–Kier alpha value is -3.51. The molecule has 1 aromatic heterocycles. The first-order valence-corrected chi connectivity index (χ1v) is 13.4. The molecule has 4 aromatic rings. The fourth-order valence-electron chi connectivity index (χ4n) is 4.71. The molecule has 6 heteroatoms. The molecule has 1 amide bonds. The van der Waals surface area contributed by atoms with E-state index in [9.17, 15) is 4.79 Å². The highest BCUT2D eigenvalue weighted by molar-refractivity contribution is 8.00. The number of ether oxygens (including phenoxy) is 1. The number of aryl methyl sites for hydroxylation is 2. The van der Waals surface area contributed by atoms with Crippen molar-refractivity contribution in [3.63, 3.8) is 0 Å². The molecule has 0 fully saturated rings. The van der Waals surface area contributed by atoms with E-state index in [1.165, 1.54) is 16.5 Å². The second kappa shape index (κ2) is 10.6. The summed E-state index contributed by atoms with van der Waals surface area (Å²) in [5.74, 6) is 1.16. The van der Waals surface area contributed by atoms with E-state index >= 15 is 0 Å². The van der Waals surface area contributed by atoms with Crippen LogP contribution >= 0.6 is 11.8 Å². The van der Waals surface area contributed by atoms with Crippen LogP contribution in [0, 0.1) is 6.92 Å². The van der Waals surface area contributed by atoms with Crippen LogP contribution in [0.4, 0.5) is 0 Å². The monoisotopic (exact) mass is 497 g/mol. The average Bonchev–Trinajstić information content (AvgIpc) is 3.51. The van der Waals surface area contributed by atoms with Gasteiger partial charge in [0.2, 0.25) is 0 Å². The van der Waals surface area contributed by atoms with Crippen LogP contribution < -0.4 is 4.74 Å². The second-order valence-corrected chi connectivity index (χ2v) is 10.2. The van der Waals surface area contributed by atoms with Crippen LogP contribution in [0.2, 0.25) is 0 Å². The fourth-order valence-corrected chi connectivity index (χ4v) is 5.65. The molecule has 0 bridgehead atoms. The lowest BCUT2D eigenvalue weighted by atomic mass is 9.97. The van der Waals surface area contributed by atoms with Crippen molar-refractivity contribution in [2.24, 2.45) is 5.10 Å². The lowest BCUT2D eigenvalue weighted by Gasteiger charge is -2.22. The standard InChI is InChI=1S/C30H31N3O2S/c1-4-17-32-19-29(25-7-5-6-8-27(25)32)36-20-30(34)33-28(23-11-9-21(2)10-12-23)18-26(31-33)22-13-15-24(35-3)16-14-22/h5-16,19,28H,4,17-18,20H2,1-3H3/t28-/m0/s1. The molecule has 2 heterocycles. The van der Waals surface area contributed by atoms with Crippen molar-refractivity contribution in [1.82, 2.24) is 9.58 Å². The number of carbonyl (C=O) groups is 1. The number of methoxy groups -OCH3 is 1. The highest BCUT2D eigenvalue weighted by Gasteiger charge is 2.33. The summed E-state index contributed by atoms with van der Waals surface area (Å²) in [5.41, 5.74) is 5.45. The van der Waals surface area contributed by atoms with Gasteiger partial charge in [0.1, 0.15) is 5.75 Å². The Balaban J connectivity index is 1.40. The lowest BCUT2D eigenvalue weighted by Crippen LogP contribution is -2.28. The minimum Gasteiger partial charge on any atom is -0.497 e. The van der Waals surface area contributed by atoms with E-state index in [1.807, 2.05) is 24.3 Å². The third-order valence-electron chi connectivity index (χ3n) is 6.62. The molecular formula is C30H31N3O2S. The Kier molecular flexibility index (Phi) is 7.14. The molecule has 0 N–H and O–H groups in total. The van der Waals surface area contributed by atoms with Crippen molar-refractivity contribution in [2.75, 3.05) is 12.9 Å². The van der Waals surface area contributed by atoms with Gasteiger partial charge in [-0.3, -0.25) is 4.79 Å². The van der Waals surface area contributed by atoms with E-state index < -0.39 is 0 Å². The largest absolute Gasteiger partial charge is 0.497 e. The summed E-state index contributed by atoms with van der Waals surface area (Å²) in [4.78, 5) is 14.7. The first kappa shape index (κ1) is 24.2. The molecule has 0 unspecified atom stereocenters. The highest BCUT2D eigenvalue weighted by Crippen LogP contribution is 2.35. The molecule has 5 nitrogen and oxygen atoms in total. The fraction of sp³-hybridized carbons (Fsp3) is 0.267. The number of aromatic nitrogens is 1. The molecule has 36 heavy (non-hydrogen) atoms. The summed E-state index contributed by atoms with van der Waals surface area (Å²) >= 11 is 1.60. The minimum absolute atomic E-state index is 0.0152. The van der Waals surface area contributed by atoms with E-state index in [2.05, 4.69) is 73.1 Å². The second-order valence-electron chi connectivity index (χ2n) is 9.14. The number of amides is 1. The predicted molar refractivity (Wildman–Crippen MR) is 148 cm³/mol. The minimum atomic E-state index is -0.114. The summed E-state index contributed by atoms with van der Waals surface area (Å²) in [6, 6.07) is 24.6. The maximum atomic E-state index is 13.6. The summed E-state index contributed by atoms with van der Waals surface area (Å²) in [6.07, 6.45) is 3.93. The van der Waals surface area contributed by atoms with Gasteiger partial charge >= 0.3 is 0 Å². The molecular weight excluding hydrogens is 466 g/mol. The van der Waals surface area contributed by atoms with Crippen molar-refractivity contribution >= 4 is 34.3 Å². The molecule has 1 aliphatic rings. The number of fused-ring (bicyclic) bond motifs is 1. The topological polar surface area (TPSA) is 46.8 Å². The van der Waals surface area contributed by atoms with Gasteiger partial charge in [0, 0.05) is 35.0 Å². The van der Waals surface area contributed by atoms with Gasteiger partial charge in [0.15, 0.2) is 0 Å². The van der Waals surface area contributed by atoms with Crippen molar-refractivity contribution in [1.29, 1.82) is 0 Å². The summed E-state index contributed by atoms with van der Waals surface area (Å²) < 4.78 is 7.59. The number of hydrogen-bond acceptors (Lipinski definition) is 4. The van der Waals surface area contributed by atoms with E-state index in [0.717, 1.165) is 40.4 Å². The first-order chi connectivity index (χ1) is 17.6. The Bertz CT molecular complexity index is 1390. The van der Waals surface area contributed by atoms with Gasteiger partial charge in [-0.2, -0.15) is 5.10 Å². The average molecular weight is 498 g/mol. The summed E-state index contributed by atoms with van der Waals surface area (Å²) in [5, 5.41) is 7.74. The number of rotatable bonds is 8. The number of thioether (sulfide) groups is 1. The van der Waals surface area contributed by atoms with Crippen LogP contribution in [0.3, 0.4) is 0 Å². The zero-order chi connectivity index (χ0) is 25.1. The zero-order valence-corrected chi connectivity index (χ0v) is 21.8. The van der Waals surface area contributed by atoms with Crippen molar-refractivity contribution < 1.29 is 9.53 Å². The maximum Gasteiger partial charge on any atom is 0.253 e. The molecule has 5 rings (SSSR count). The van der Waals surface area contributed by atoms with E-state index in [-0.39, 0.29) is 11.9 Å². The Labute approximate surface area is 216 Å². The van der Waals surface area contributed by atoms with Crippen molar-refractivity contribution in [2.45, 2.75) is 44.2 Å². The van der Waals surface area contributed by atoms with Crippen molar-refractivity contribution in [3.05, 3.63) is 95.7 Å². The van der Waals surface area contributed by atoms with Gasteiger partial charge in [0.25, 0.3) is 5.91 Å². The predicted octanol–water partition coefficient (Wildman–Crippen LogP) is 6.84. The van der Waals surface area contributed by atoms with Gasteiger partial charge in [0.05, 0.1) is 24.6 Å². The first-order valence-electron chi connectivity index (χ1n) is 12.4. The maximum absolute atomic E-state index is 13.6. The third-order valence-corrected chi connectivity index (χ3v) is 7.65. The summed E-state index contributed by atoms with van der Waals surface area (Å²) in [7, 11) is 1.66. The summed E-state index contributed by atoms with van der Waals surface area (Å²) in [6.45, 7) is 5.22. The van der Waals surface area contributed by atoms with E-state index in [0.29, 0.717) is 12.2 Å². The van der Waals surface area contributed by atoms with Gasteiger partial charge < -0.3 is 9.30 Å². The smallest absolute Gasteiger partial charge is 0.253 e. The van der Waals surface area contributed by atoms with Crippen LogP contribution in [0.5, 0.6) is 5.75 Å².